The van der Waals surface area contributed by atoms with E-state index in [1.165, 1.54) is 0 Å². The van der Waals surface area contributed by atoms with Crippen LogP contribution < -0.4 is 0 Å². The Labute approximate surface area is 84.8 Å². The van der Waals surface area contributed by atoms with E-state index in [0.29, 0.717) is 12.8 Å². The molecule has 6 nitrogen and oxygen atoms in total. The Bertz CT molecular complexity index is 280. The van der Waals surface area contributed by atoms with Crippen LogP contribution in [0, 0.1) is 0 Å². The summed E-state index contributed by atoms with van der Waals surface area (Å²) in [5, 5.41) is 0. The molecule has 0 unspecified atom stereocenters. The zero-order chi connectivity index (χ0) is 11.8. The molecule has 0 amide bonds. The van der Waals surface area contributed by atoms with Crippen molar-refractivity contribution in [3.05, 3.63) is 0 Å². The Kier molecular flexibility index (Phi) is 8.31. The number of hydrogen-bond donors (Lipinski definition) is 2. The first-order valence-corrected chi connectivity index (χ1v) is 7.24. The molecule has 2 N–H and O–H groups in total. The predicted octanol–water partition coefficient (Wildman–Crippen LogP) is 0.568. The zero-order valence-electron chi connectivity index (χ0n) is 8.17. The predicted molar refractivity (Wildman–Crippen MR) is 53.4 cm³/mol. The standard InChI is InChI=1S/2C3H8O3S/c2*1-2-3-7(4,5)6/h2*2-3H2,1H3,(H,4,5,6). The molecule has 0 aromatic heterocycles. The first-order chi connectivity index (χ1) is 6.12. The molecule has 14 heavy (non-hydrogen) atoms. The molecule has 0 aromatic carbocycles. The Balaban J connectivity index is 0. The lowest BCUT2D eigenvalue weighted by atomic mass is 10.6. The van der Waals surface area contributed by atoms with Crippen LogP contribution in [-0.2, 0) is 20.2 Å². The van der Waals surface area contributed by atoms with Crippen molar-refractivity contribution in [3.63, 3.8) is 0 Å². The Morgan fingerprint density at radius 2 is 1.00 bits per heavy atom. The van der Waals surface area contributed by atoms with Crippen molar-refractivity contribution in [2.45, 2.75) is 26.7 Å². The largest absolute Gasteiger partial charge is 0.286 e. The molecule has 0 radical (unpaired) electrons. The summed E-state index contributed by atoms with van der Waals surface area (Å²) in [6.45, 7) is 3.38. The van der Waals surface area contributed by atoms with Gasteiger partial charge in [0.05, 0.1) is 11.5 Å². The molecule has 0 rings (SSSR count). The van der Waals surface area contributed by atoms with Gasteiger partial charge < -0.3 is 0 Å². The van der Waals surface area contributed by atoms with E-state index >= 15 is 0 Å². The van der Waals surface area contributed by atoms with Crippen molar-refractivity contribution < 1.29 is 25.9 Å². The van der Waals surface area contributed by atoms with Crippen molar-refractivity contribution in [2.75, 3.05) is 11.5 Å². The third-order valence-corrected chi connectivity index (χ3v) is 2.77. The van der Waals surface area contributed by atoms with Gasteiger partial charge in [-0.2, -0.15) is 16.8 Å². The summed E-state index contributed by atoms with van der Waals surface area (Å²) in [7, 11) is -7.35. The fraction of sp³-hybridized carbons (Fsp3) is 1.00. The molecule has 0 aliphatic rings. The average Bonchev–Trinajstić information content (AvgIpc) is 1.81. The van der Waals surface area contributed by atoms with Crippen molar-refractivity contribution in [1.82, 2.24) is 0 Å². The third kappa shape index (κ3) is 22.6. The zero-order valence-corrected chi connectivity index (χ0v) is 9.81. The molecule has 0 heterocycles. The lowest BCUT2D eigenvalue weighted by Crippen LogP contribution is -2.01. The van der Waals surface area contributed by atoms with Crippen molar-refractivity contribution in [2.24, 2.45) is 0 Å². The highest BCUT2D eigenvalue weighted by atomic mass is 32.2. The van der Waals surface area contributed by atoms with Crippen molar-refractivity contribution in [3.8, 4) is 0 Å². The van der Waals surface area contributed by atoms with Crippen LogP contribution in [0.4, 0.5) is 0 Å². The van der Waals surface area contributed by atoms with Crippen LogP contribution in [0.3, 0.4) is 0 Å². The first kappa shape index (κ1) is 16.3. The fourth-order valence-corrected chi connectivity index (χ4v) is 1.55. The van der Waals surface area contributed by atoms with Gasteiger partial charge in [0.15, 0.2) is 0 Å². The Morgan fingerprint density at radius 3 is 1.00 bits per heavy atom. The molecule has 8 heteroatoms. The van der Waals surface area contributed by atoms with Gasteiger partial charge in [0, 0.05) is 0 Å². The van der Waals surface area contributed by atoms with Gasteiger partial charge in [0.25, 0.3) is 20.2 Å². The topological polar surface area (TPSA) is 109 Å². The summed E-state index contributed by atoms with van der Waals surface area (Å²) in [4.78, 5) is 0. The summed E-state index contributed by atoms with van der Waals surface area (Å²) < 4.78 is 55.1. The van der Waals surface area contributed by atoms with Gasteiger partial charge in [-0.15, -0.1) is 0 Å². The molecule has 0 fully saturated rings. The van der Waals surface area contributed by atoms with E-state index in [0.717, 1.165) is 0 Å². The van der Waals surface area contributed by atoms with E-state index < -0.39 is 20.2 Å². The van der Waals surface area contributed by atoms with E-state index in [1.807, 2.05) is 0 Å². The molecule has 88 valence electrons. The van der Waals surface area contributed by atoms with E-state index in [4.69, 9.17) is 9.11 Å². The van der Waals surface area contributed by atoms with Crippen LogP contribution in [0.1, 0.15) is 26.7 Å². The summed E-state index contributed by atoms with van der Waals surface area (Å²) in [6, 6.07) is 0. The minimum Gasteiger partial charge on any atom is -0.286 e. The van der Waals surface area contributed by atoms with Crippen LogP contribution in [0.15, 0.2) is 0 Å². The second-order valence-electron chi connectivity index (χ2n) is 2.57. The highest BCUT2D eigenvalue weighted by Crippen LogP contribution is 1.84. The van der Waals surface area contributed by atoms with Crippen LogP contribution in [0.5, 0.6) is 0 Å². The Morgan fingerprint density at radius 1 is 0.786 bits per heavy atom. The SMILES string of the molecule is CCCS(=O)(=O)O.CCCS(=O)(=O)O. The van der Waals surface area contributed by atoms with E-state index in [1.54, 1.807) is 13.8 Å². The monoisotopic (exact) mass is 248 g/mol. The van der Waals surface area contributed by atoms with Gasteiger partial charge in [-0.1, -0.05) is 13.8 Å². The van der Waals surface area contributed by atoms with Crippen LogP contribution in [0.2, 0.25) is 0 Å². The molecular formula is C6H16O6S2. The van der Waals surface area contributed by atoms with Crippen LogP contribution in [0.25, 0.3) is 0 Å². The molecule has 0 aromatic rings. The van der Waals surface area contributed by atoms with Gasteiger partial charge in [0.1, 0.15) is 0 Å². The molecule has 0 aliphatic heterocycles. The van der Waals surface area contributed by atoms with Gasteiger partial charge in [-0.3, -0.25) is 9.11 Å². The second-order valence-corrected chi connectivity index (χ2v) is 5.72. The minimum absolute atomic E-state index is 0.132. The summed E-state index contributed by atoms with van der Waals surface area (Å²) in [6.07, 6.45) is 0.942. The first-order valence-electron chi connectivity index (χ1n) is 4.02. The number of hydrogen-bond acceptors (Lipinski definition) is 4. The molecule has 0 saturated carbocycles. The van der Waals surface area contributed by atoms with Gasteiger partial charge in [-0.05, 0) is 12.8 Å². The fourth-order valence-electron chi connectivity index (χ4n) is 0.516. The molecule has 0 atom stereocenters. The quantitative estimate of drug-likeness (QED) is 0.704. The maximum atomic E-state index is 9.79. The van der Waals surface area contributed by atoms with Crippen LogP contribution >= 0.6 is 0 Å². The normalized spacial score (nSPS) is 11.7. The second kappa shape index (κ2) is 7.16. The lowest BCUT2D eigenvalue weighted by molar-refractivity contribution is 0.480. The molecule has 0 saturated heterocycles. The summed E-state index contributed by atoms with van der Waals surface area (Å²) in [5.74, 6) is -0.264. The third-order valence-electron chi connectivity index (χ3n) is 0.924. The highest BCUT2D eigenvalue weighted by Gasteiger charge is 1.98. The molecule has 0 spiro atoms. The van der Waals surface area contributed by atoms with E-state index in [-0.39, 0.29) is 11.5 Å². The highest BCUT2D eigenvalue weighted by molar-refractivity contribution is 7.86. The van der Waals surface area contributed by atoms with Gasteiger partial charge in [0.2, 0.25) is 0 Å². The summed E-state index contributed by atoms with van der Waals surface area (Å²) >= 11 is 0. The number of rotatable bonds is 4. The van der Waals surface area contributed by atoms with Gasteiger partial charge >= 0.3 is 0 Å². The lowest BCUT2D eigenvalue weighted by Gasteiger charge is -1.86. The van der Waals surface area contributed by atoms with E-state index in [2.05, 4.69) is 0 Å². The Hall–Kier alpha value is -0.180. The summed E-state index contributed by atoms with van der Waals surface area (Å²) in [5.41, 5.74) is 0. The van der Waals surface area contributed by atoms with Crippen LogP contribution in [-0.4, -0.2) is 37.4 Å². The molecule has 0 aliphatic carbocycles. The minimum atomic E-state index is -3.67. The molecule has 0 bridgehead atoms. The van der Waals surface area contributed by atoms with Crippen molar-refractivity contribution >= 4 is 20.2 Å². The maximum Gasteiger partial charge on any atom is 0.264 e. The van der Waals surface area contributed by atoms with Crippen molar-refractivity contribution in [1.29, 1.82) is 0 Å². The smallest absolute Gasteiger partial charge is 0.264 e. The molecular weight excluding hydrogens is 232 g/mol. The van der Waals surface area contributed by atoms with E-state index in [9.17, 15) is 16.8 Å². The van der Waals surface area contributed by atoms with Gasteiger partial charge in [-0.25, -0.2) is 0 Å². The average molecular weight is 248 g/mol. The maximum absolute atomic E-state index is 9.79.